The molecule has 1 rings (SSSR count). The zero-order chi connectivity index (χ0) is 16.5. The molecule has 1 aliphatic carbocycles. The molecule has 10 heteroatoms. The summed E-state index contributed by atoms with van der Waals surface area (Å²) in [6.45, 7) is 0. The van der Waals surface area contributed by atoms with Crippen LogP contribution in [0.5, 0.6) is 0 Å². The van der Waals surface area contributed by atoms with Crippen LogP contribution in [0.1, 0.15) is 32.1 Å². The molecular formula is C11H15F5O4S. The van der Waals surface area contributed by atoms with Crippen LogP contribution in [0, 0.1) is 5.92 Å². The van der Waals surface area contributed by atoms with E-state index < -0.39 is 39.3 Å². The predicted octanol–water partition coefficient (Wildman–Crippen LogP) is 2.68. The molecule has 0 amide bonds. The van der Waals surface area contributed by atoms with Gasteiger partial charge < -0.3 is 4.74 Å². The molecule has 1 aliphatic rings. The van der Waals surface area contributed by atoms with Crippen molar-refractivity contribution in [2.24, 2.45) is 5.92 Å². The molecule has 0 bridgehead atoms. The van der Waals surface area contributed by atoms with Gasteiger partial charge in [0.15, 0.2) is 0 Å². The lowest BCUT2D eigenvalue weighted by molar-refractivity contribution is -0.260. The molecule has 0 aromatic carbocycles. The van der Waals surface area contributed by atoms with Gasteiger partial charge in [-0.25, -0.2) is 8.42 Å². The molecular weight excluding hydrogens is 323 g/mol. The van der Waals surface area contributed by atoms with Gasteiger partial charge in [-0.1, -0.05) is 19.3 Å². The highest BCUT2D eigenvalue weighted by molar-refractivity contribution is 7.91. The fourth-order valence-electron chi connectivity index (χ4n) is 2.07. The molecule has 1 atom stereocenters. The number of alkyl halides is 5. The van der Waals surface area contributed by atoms with Gasteiger partial charge in [-0.3, -0.25) is 4.79 Å². The third kappa shape index (κ3) is 4.27. The Morgan fingerprint density at radius 2 is 1.57 bits per heavy atom. The minimum atomic E-state index is -5.68. The van der Waals surface area contributed by atoms with E-state index in [-0.39, 0.29) is 19.1 Å². The Labute approximate surface area is 118 Å². The second-order valence-corrected chi connectivity index (χ2v) is 7.12. The summed E-state index contributed by atoms with van der Waals surface area (Å²) in [5.41, 5.74) is 0. The van der Waals surface area contributed by atoms with Gasteiger partial charge in [-0.15, -0.1) is 0 Å². The molecule has 0 radical (unpaired) electrons. The average molecular weight is 338 g/mol. The fraction of sp³-hybridized carbons (Fsp3) is 0.909. The van der Waals surface area contributed by atoms with Crippen molar-refractivity contribution in [2.75, 3.05) is 6.26 Å². The van der Waals surface area contributed by atoms with Crippen LogP contribution in [-0.4, -0.2) is 38.2 Å². The van der Waals surface area contributed by atoms with Crippen molar-refractivity contribution >= 4 is 15.8 Å². The lowest BCUT2D eigenvalue weighted by atomic mass is 9.89. The van der Waals surface area contributed by atoms with Crippen LogP contribution in [0.2, 0.25) is 0 Å². The second-order valence-electron chi connectivity index (χ2n) is 5.03. The Hall–Kier alpha value is -0.930. The maximum atomic E-state index is 13.4. The fourth-order valence-corrected chi connectivity index (χ4v) is 2.64. The summed E-state index contributed by atoms with van der Waals surface area (Å²) in [6.07, 6.45) is -7.27. The van der Waals surface area contributed by atoms with Gasteiger partial charge in [0.05, 0.1) is 5.92 Å². The third-order valence-corrected chi connectivity index (χ3v) is 4.47. The van der Waals surface area contributed by atoms with Crippen molar-refractivity contribution in [3.8, 4) is 0 Å². The second kappa shape index (κ2) is 6.05. The summed E-state index contributed by atoms with van der Waals surface area (Å²) >= 11 is 0. The minimum absolute atomic E-state index is 0.0415. The van der Waals surface area contributed by atoms with Crippen molar-refractivity contribution in [3.63, 3.8) is 0 Å². The van der Waals surface area contributed by atoms with Crippen molar-refractivity contribution in [2.45, 2.75) is 49.6 Å². The van der Waals surface area contributed by atoms with Gasteiger partial charge in [0.1, 0.15) is 0 Å². The van der Waals surface area contributed by atoms with Crippen LogP contribution >= 0.6 is 0 Å². The largest absolute Gasteiger partial charge is 0.445 e. The summed E-state index contributed by atoms with van der Waals surface area (Å²) in [5, 5.41) is -5.23. The Balaban J connectivity index is 2.97. The topological polar surface area (TPSA) is 60.4 Å². The molecule has 1 fully saturated rings. The lowest BCUT2D eigenvalue weighted by Gasteiger charge is -2.29. The molecule has 1 saturated carbocycles. The first kappa shape index (κ1) is 18.1. The van der Waals surface area contributed by atoms with Gasteiger partial charge in [-0.05, 0) is 12.8 Å². The number of rotatable bonds is 4. The lowest BCUT2D eigenvalue weighted by Crippen LogP contribution is -2.52. The maximum Gasteiger partial charge on any atom is 0.432 e. The highest BCUT2D eigenvalue weighted by Gasteiger charge is 2.64. The number of halogens is 5. The molecule has 124 valence electrons. The summed E-state index contributed by atoms with van der Waals surface area (Å²) in [5.74, 6) is -2.33. The summed E-state index contributed by atoms with van der Waals surface area (Å²) in [6, 6.07) is 0. The smallest absolute Gasteiger partial charge is 0.432 e. The van der Waals surface area contributed by atoms with E-state index in [1.807, 2.05) is 0 Å². The van der Waals surface area contributed by atoms with Crippen LogP contribution in [0.4, 0.5) is 22.0 Å². The minimum Gasteiger partial charge on any atom is -0.445 e. The van der Waals surface area contributed by atoms with Crippen molar-refractivity contribution in [1.29, 1.82) is 0 Å². The molecule has 0 N–H and O–H groups in total. The van der Waals surface area contributed by atoms with Gasteiger partial charge in [-0.2, -0.15) is 22.0 Å². The molecule has 0 aromatic heterocycles. The predicted molar refractivity (Wildman–Crippen MR) is 62.3 cm³/mol. The van der Waals surface area contributed by atoms with Gasteiger partial charge in [0.2, 0.25) is 9.84 Å². The van der Waals surface area contributed by atoms with Crippen molar-refractivity contribution < 1.29 is 39.9 Å². The molecule has 0 saturated heterocycles. The molecule has 0 aliphatic heterocycles. The first-order valence-electron chi connectivity index (χ1n) is 6.22. The molecule has 0 spiro atoms. The average Bonchev–Trinajstić information content (AvgIpc) is 2.33. The zero-order valence-electron chi connectivity index (χ0n) is 11.1. The van der Waals surface area contributed by atoms with Crippen molar-refractivity contribution in [3.05, 3.63) is 0 Å². The SMILES string of the molecule is CS(=O)(=O)C(F)(F)C(OC(=O)C1CCCCC1)C(F)(F)F. The normalized spacial score (nSPS) is 20.1. The highest BCUT2D eigenvalue weighted by atomic mass is 32.2. The number of hydrogen-bond donors (Lipinski definition) is 0. The number of esters is 1. The number of hydrogen-bond acceptors (Lipinski definition) is 4. The maximum absolute atomic E-state index is 13.4. The molecule has 1 unspecified atom stereocenters. The van der Waals surface area contributed by atoms with E-state index >= 15 is 0 Å². The highest BCUT2D eigenvalue weighted by Crippen LogP contribution is 2.39. The van der Waals surface area contributed by atoms with E-state index in [2.05, 4.69) is 4.74 Å². The molecule has 0 heterocycles. The van der Waals surface area contributed by atoms with Crippen LogP contribution in [0.3, 0.4) is 0 Å². The quantitative estimate of drug-likeness (QED) is 0.584. The van der Waals surface area contributed by atoms with E-state index in [0.717, 1.165) is 6.42 Å². The summed E-state index contributed by atoms with van der Waals surface area (Å²) < 4.78 is 90.4. The van der Waals surface area contributed by atoms with Crippen molar-refractivity contribution in [1.82, 2.24) is 0 Å². The van der Waals surface area contributed by atoms with Gasteiger partial charge in [0.25, 0.3) is 6.10 Å². The zero-order valence-corrected chi connectivity index (χ0v) is 11.9. The van der Waals surface area contributed by atoms with E-state index in [1.165, 1.54) is 0 Å². The Bertz CT molecular complexity index is 479. The number of sulfone groups is 1. The van der Waals surface area contributed by atoms with Crippen LogP contribution < -0.4 is 0 Å². The first-order chi connectivity index (χ1) is 9.37. The van der Waals surface area contributed by atoms with Gasteiger partial charge >= 0.3 is 17.4 Å². The third-order valence-electron chi connectivity index (χ3n) is 3.27. The summed E-state index contributed by atoms with van der Waals surface area (Å²) in [7, 11) is -5.39. The van der Waals surface area contributed by atoms with E-state index in [0.29, 0.717) is 12.8 Å². The standard InChI is InChI=1S/C11H15F5O4S/c1-21(18,19)11(15,16)9(10(12,13)14)20-8(17)7-5-3-2-4-6-7/h7,9H,2-6H2,1H3. The van der Waals surface area contributed by atoms with E-state index in [9.17, 15) is 35.2 Å². The summed E-state index contributed by atoms with van der Waals surface area (Å²) in [4.78, 5) is 11.6. The van der Waals surface area contributed by atoms with Crippen LogP contribution in [0.25, 0.3) is 0 Å². The number of carbonyl (C=O) groups is 1. The van der Waals surface area contributed by atoms with E-state index in [4.69, 9.17) is 0 Å². The number of carbonyl (C=O) groups excluding carboxylic acids is 1. The molecule has 21 heavy (non-hydrogen) atoms. The molecule has 0 aromatic rings. The van der Waals surface area contributed by atoms with Crippen LogP contribution in [0.15, 0.2) is 0 Å². The first-order valence-corrected chi connectivity index (χ1v) is 8.11. The molecule has 4 nitrogen and oxygen atoms in total. The Morgan fingerprint density at radius 1 is 1.10 bits per heavy atom. The Kier molecular flexibility index (Phi) is 5.22. The number of ether oxygens (including phenoxy) is 1. The van der Waals surface area contributed by atoms with Crippen LogP contribution in [-0.2, 0) is 19.4 Å². The Morgan fingerprint density at radius 3 is 1.95 bits per heavy atom. The van der Waals surface area contributed by atoms with E-state index in [1.54, 1.807) is 0 Å². The van der Waals surface area contributed by atoms with Gasteiger partial charge in [0, 0.05) is 6.26 Å². The monoisotopic (exact) mass is 338 g/mol.